The average molecular weight is 231 g/mol. The molecule has 1 heterocycles. The minimum absolute atomic E-state index is 0.357. The van der Waals surface area contributed by atoms with E-state index in [1.807, 2.05) is 0 Å². The molecule has 2 fully saturated rings. The molecule has 3 rings (SSSR count). The summed E-state index contributed by atoms with van der Waals surface area (Å²) in [6.07, 6.45) is 3.64. The third-order valence-electron chi connectivity index (χ3n) is 4.39. The maximum Gasteiger partial charge on any atom is 0.0436 e. The molecule has 0 spiro atoms. The van der Waals surface area contributed by atoms with Crippen LogP contribution >= 0.6 is 0 Å². The second kappa shape index (κ2) is 4.43. The third kappa shape index (κ3) is 2.38. The highest BCUT2D eigenvalue weighted by atomic mass is 16.3. The van der Waals surface area contributed by atoms with Crippen molar-refractivity contribution in [2.45, 2.75) is 25.2 Å². The van der Waals surface area contributed by atoms with Crippen molar-refractivity contribution in [2.24, 2.45) is 5.41 Å². The highest BCUT2D eigenvalue weighted by molar-refractivity contribution is 5.22. The smallest absolute Gasteiger partial charge is 0.0436 e. The topological polar surface area (TPSA) is 23.5 Å². The van der Waals surface area contributed by atoms with E-state index in [9.17, 15) is 0 Å². The maximum atomic E-state index is 9.06. The lowest BCUT2D eigenvalue weighted by atomic mass is 9.89. The Morgan fingerprint density at radius 3 is 2.47 bits per heavy atom. The summed E-state index contributed by atoms with van der Waals surface area (Å²) in [6, 6.07) is 10.8. The predicted molar refractivity (Wildman–Crippen MR) is 69.0 cm³/mol. The Balaban J connectivity index is 1.49. The Hall–Kier alpha value is -0.860. The van der Waals surface area contributed by atoms with E-state index in [-0.39, 0.29) is 0 Å². The Kier molecular flexibility index (Phi) is 2.93. The lowest BCUT2D eigenvalue weighted by Crippen LogP contribution is -2.47. The van der Waals surface area contributed by atoms with Crippen LogP contribution in [-0.4, -0.2) is 36.2 Å². The summed E-state index contributed by atoms with van der Waals surface area (Å²) < 4.78 is 0. The fourth-order valence-electron chi connectivity index (χ4n) is 3.01. The second-order valence-electron chi connectivity index (χ2n) is 5.78. The number of aliphatic hydroxyl groups is 1. The SMILES string of the molecule is OCCC1(CN2CC(c3ccccc3)C2)CC1. The molecule has 0 radical (unpaired) electrons. The van der Waals surface area contributed by atoms with Gasteiger partial charge in [-0.2, -0.15) is 0 Å². The van der Waals surface area contributed by atoms with E-state index in [0.29, 0.717) is 12.0 Å². The monoisotopic (exact) mass is 231 g/mol. The molecule has 1 saturated heterocycles. The normalized spacial score (nSPS) is 23.4. The van der Waals surface area contributed by atoms with Gasteiger partial charge >= 0.3 is 0 Å². The van der Waals surface area contributed by atoms with E-state index in [2.05, 4.69) is 35.2 Å². The summed E-state index contributed by atoms with van der Waals surface area (Å²) in [5.41, 5.74) is 1.96. The molecule has 0 bridgehead atoms. The van der Waals surface area contributed by atoms with Gasteiger partial charge in [-0.25, -0.2) is 0 Å². The molecule has 1 aromatic rings. The van der Waals surface area contributed by atoms with E-state index in [1.165, 1.54) is 38.0 Å². The molecule has 1 aromatic carbocycles. The van der Waals surface area contributed by atoms with Crippen LogP contribution in [0.25, 0.3) is 0 Å². The van der Waals surface area contributed by atoms with Gasteiger partial charge in [-0.15, -0.1) is 0 Å². The number of hydrogen-bond donors (Lipinski definition) is 1. The summed E-state index contributed by atoms with van der Waals surface area (Å²) in [5.74, 6) is 0.737. The molecule has 1 N–H and O–H groups in total. The van der Waals surface area contributed by atoms with E-state index < -0.39 is 0 Å². The van der Waals surface area contributed by atoms with Gasteiger partial charge in [0, 0.05) is 32.2 Å². The van der Waals surface area contributed by atoms with Gasteiger partial charge in [0.25, 0.3) is 0 Å². The zero-order valence-corrected chi connectivity index (χ0v) is 10.3. The minimum atomic E-state index is 0.357. The van der Waals surface area contributed by atoms with E-state index >= 15 is 0 Å². The zero-order chi connectivity index (χ0) is 11.7. The summed E-state index contributed by atoms with van der Waals surface area (Å²) in [5, 5.41) is 9.06. The predicted octanol–water partition coefficient (Wildman–Crippen LogP) is 2.25. The molecule has 2 nitrogen and oxygen atoms in total. The first kappa shape index (κ1) is 11.2. The average Bonchev–Trinajstić information content (AvgIpc) is 3.05. The van der Waals surface area contributed by atoms with Crippen LogP contribution in [0.2, 0.25) is 0 Å². The van der Waals surface area contributed by atoms with Gasteiger partial charge in [-0.1, -0.05) is 30.3 Å². The molecule has 17 heavy (non-hydrogen) atoms. The molecule has 2 heteroatoms. The van der Waals surface area contributed by atoms with Crippen molar-refractivity contribution < 1.29 is 5.11 Å². The van der Waals surface area contributed by atoms with Crippen LogP contribution in [-0.2, 0) is 0 Å². The fraction of sp³-hybridized carbons (Fsp3) is 0.600. The fourth-order valence-corrected chi connectivity index (χ4v) is 3.01. The summed E-state index contributed by atoms with van der Waals surface area (Å²) in [6.45, 7) is 3.97. The summed E-state index contributed by atoms with van der Waals surface area (Å²) in [4.78, 5) is 2.56. The van der Waals surface area contributed by atoms with Crippen LogP contribution < -0.4 is 0 Å². The van der Waals surface area contributed by atoms with Gasteiger partial charge < -0.3 is 10.0 Å². The second-order valence-corrected chi connectivity index (χ2v) is 5.78. The number of nitrogens with zero attached hydrogens (tertiary/aromatic N) is 1. The molecule has 1 aliphatic heterocycles. The molecule has 92 valence electrons. The Morgan fingerprint density at radius 2 is 1.88 bits per heavy atom. The van der Waals surface area contributed by atoms with Gasteiger partial charge in [0.05, 0.1) is 0 Å². The Labute approximate surface area is 103 Å². The number of aliphatic hydroxyl groups excluding tert-OH is 1. The number of likely N-dealkylation sites (tertiary alicyclic amines) is 1. The van der Waals surface area contributed by atoms with Crippen molar-refractivity contribution >= 4 is 0 Å². The highest BCUT2D eigenvalue weighted by Crippen LogP contribution is 2.50. The highest BCUT2D eigenvalue weighted by Gasteiger charge is 2.45. The molecular weight excluding hydrogens is 210 g/mol. The third-order valence-corrected chi connectivity index (χ3v) is 4.39. The van der Waals surface area contributed by atoms with Crippen LogP contribution in [0.5, 0.6) is 0 Å². The zero-order valence-electron chi connectivity index (χ0n) is 10.3. The van der Waals surface area contributed by atoms with Gasteiger partial charge in [0.1, 0.15) is 0 Å². The van der Waals surface area contributed by atoms with Crippen LogP contribution in [0, 0.1) is 5.41 Å². The molecule has 1 aliphatic carbocycles. The quantitative estimate of drug-likeness (QED) is 0.840. The van der Waals surface area contributed by atoms with Crippen molar-refractivity contribution in [1.82, 2.24) is 4.90 Å². The first-order valence-corrected chi connectivity index (χ1v) is 6.69. The summed E-state index contributed by atoms with van der Waals surface area (Å²) in [7, 11) is 0. The van der Waals surface area contributed by atoms with E-state index in [1.54, 1.807) is 0 Å². The lowest BCUT2D eigenvalue weighted by Gasteiger charge is -2.41. The van der Waals surface area contributed by atoms with Gasteiger partial charge in [0.15, 0.2) is 0 Å². The first-order valence-electron chi connectivity index (χ1n) is 6.69. The molecule has 1 saturated carbocycles. The standard InChI is InChI=1S/C15H21NO/c17-9-8-15(6-7-15)12-16-10-14(11-16)13-4-2-1-3-5-13/h1-5,14,17H,6-12H2. The minimum Gasteiger partial charge on any atom is -0.396 e. The molecule has 2 aliphatic rings. The van der Waals surface area contributed by atoms with Crippen LogP contribution in [0.15, 0.2) is 30.3 Å². The van der Waals surface area contributed by atoms with Gasteiger partial charge in [0.2, 0.25) is 0 Å². The van der Waals surface area contributed by atoms with Crippen molar-refractivity contribution in [2.75, 3.05) is 26.2 Å². The van der Waals surface area contributed by atoms with Crippen molar-refractivity contribution in [3.05, 3.63) is 35.9 Å². The van der Waals surface area contributed by atoms with Crippen molar-refractivity contribution in [3.63, 3.8) is 0 Å². The largest absolute Gasteiger partial charge is 0.396 e. The Morgan fingerprint density at radius 1 is 1.18 bits per heavy atom. The summed E-state index contributed by atoms with van der Waals surface area (Å²) >= 11 is 0. The van der Waals surface area contributed by atoms with Crippen molar-refractivity contribution in [3.8, 4) is 0 Å². The maximum absolute atomic E-state index is 9.06. The lowest BCUT2D eigenvalue weighted by molar-refractivity contribution is 0.105. The number of hydrogen-bond acceptors (Lipinski definition) is 2. The first-order chi connectivity index (χ1) is 8.31. The van der Waals surface area contributed by atoms with Crippen LogP contribution in [0.4, 0.5) is 0 Å². The molecular formula is C15H21NO. The van der Waals surface area contributed by atoms with E-state index in [0.717, 1.165) is 12.3 Å². The number of rotatable bonds is 5. The Bertz CT molecular complexity index is 366. The van der Waals surface area contributed by atoms with Gasteiger partial charge in [-0.05, 0) is 30.2 Å². The van der Waals surface area contributed by atoms with Crippen LogP contribution in [0.1, 0.15) is 30.7 Å². The number of benzene rings is 1. The molecule has 0 unspecified atom stereocenters. The molecule has 0 aromatic heterocycles. The van der Waals surface area contributed by atoms with Crippen LogP contribution in [0.3, 0.4) is 0 Å². The molecule has 0 atom stereocenters. The van der Waals surface area contributed by atoms with Crippen molar-refractivity contribution in [1.29, 1.82) is 0 Å². The van der Waals surface area contributed by atoms with E-state index in [4.69, 9.17) is 5.11 Å². The molecule has 0 amide bonds. The van der Waals surface area contributed by atoms with Gasteiger partial charge in [-0.3, -0.25) is 0 Å².